The summed E-state index contributed by atoms with van der Waals surface area (Å²) in [6.07, 6.45) is 1.51. The molecular formula is C21H16FN3O2S. The largest absolute Gasteiger partial charge is 0.462 e. The van der Waals surface area contributed by atoms with Gasteiger partial charge in [-0.25, -0.2) is 14.2 Å². The molecule has 1 heterocycles. The number of esters is 1. The van der Waals surface area contributed by atoms with Crippen LogP contribution in [0.2, 0.25) is 0 Å². The van der Waals surface area contributed by atoms with Crippen LogP contribution >= 0.6 is 11.3 Å². The number of aromatic nitrogens is 1. The van der Waals surface area contributed by atoms with E-state index in [1.165, 1.54) is 29.7 Å². The van der Waals surface area contributed by atoms with E-state index < -0.39 is 5.97 Å². The van der Waals surface area contributed by atoms with E-state index >= 15 is 0 Å². The van der Waals surface area contributed by atoms with Gasteiger partial charge in [0, 0.05) is 17.1 Å². The van der Waals surface area contributed by atoms with Crippen LogP contribution in [0.1, 0.15) is 22.3 Å². The topological polar surface area (TPSA) is 75.0 Å². The summed E-state index contributed by atoms with van der Waals surface area (Å²) in [7, 11) is 0. The molecule has 7 heteroatoms. The SMILES string of the molecule is CCOC(=O)c1ccccc1NC=C(C#N)c1nc(-c2ccc(F)cc2)cs1. The van der Waals surface area contributed by atoms with Gasteiger partial charge in [-0.05, 0) is 43.3 Å². The number of rotatable bonds is 6. The van der Waals surface area contributed by atoms with Gasteiger partial charge < -0.3 is 10.1 Å². The van der Waals surface area contributed by atoms with E-state index in [0.29, 0.717) is 27.5 Å². The minimum absolute atomic E-state index is 0.276. The summed E-state index contributed by atoms with van der Waals surface area (Å²) in [6.45, 7) is 2.01. The van der Waals surface area contributed by atoms with Crippen LogP contribution < -0.4 is 5.32 Å². The fourth-order valence-corrected chi connectivity index (χ4v) is 3.23. The van der Waals surface area contributed by atoms with Crippen LogP contribution in [0.15, 0.2) is 60.1 Å². The number of hydrogen-bond donors (Lipinski definition) is 1. The van der Waals surface area contributed by atoms with Gasteiger partial charge in [0.15, 0.2) is 0 Å². The van der Waals surface area contributed by atoms with Gasteiger partial charge in [0.2, 0.25) is 0 Å². The lowest BCUT2D eigenvalue weighted by molar-refractivity contribution is 0.0527. The Morgan fingerprint density at radius 1 is 1.29 bits per heavy atom. The number of halogens is 1. The number of nitriles is 1. The van der Waals surface area contributed by atoms with Gasteiger partial charge in [-0.3, -0.25) is 0 Å². The summed E-state index contributed by atoms with van der Waals surface area (Å²) in [4.78, 5) is 16.5. The summed E-state index contributed by atoms with van der Waals surface area (Å²) in [6, 6.07) is 15.0. The van der Waals surface area contributed by atoms with Crippen molar-refractivity contribution in [3.63, 3.8) is 0 Å². The van der Waals surface area contributed by atoms with Gasteiger partial charge in [-0.1, -0.05) is 12.1 Å². The smallest absolute Gasteiger partial charge is 0.340 e. The van der Waals surface area contributed by atoms with Crippen molar-refractivity contribution < 1.29 is 13.9 Å². The molecule has 0 bridgehead atoms. The van der Waals surface area contributed by atoms with Crippen molar-refractivity contribution in [2.24, 2.45) is 0 Å². The second-order valence-corrected chi connectivity index (χ2v) is 6.48. The first-order valence-electron chi connectivity index (χ1n) is 8.47. The fourth-order valence-electron chi connectivity index (χ4n) is 2.44. The molecule has 0 amide bonds. The highest BCUT2D eigenvalue weighted by molar-refractivity contribution is 7.11. The van der Waals surface area contributed by atoms with Crippen LogP contribution in [0, 0.1) is 17.1 Å². The van der Waals surface area contributed by atoms with Gasteiger partial charge in [-0.2, -0.15) is 5.26 Å². The normalized spacial score (nSPS) is 11.0. The van der Waals surface area contributed by atoms with Crippen LogP contribution in [0.4, 0.5) is 10.1 Å². The highest BCUT2D eigenvalue weighted by atomic mass is 32.1. The molecule has 0 aliphatic carbocycles. The maximum absolute atomic E-state index is 13.1. The molecule has 2 aromatic carbocycles. The number of anilines is 1. The molecule has 140 valence electrons. The first-order chi connectivity index (χ1) is 13.6. The van der Waals surface area contributed by atoms with Crippen molar-refractivity contribution in [3.8, 4) is 17.3 Å². The Kier molecular flexibility index (Phi) is 6.14. The second-order valence-electron chi connectivity index (χ2n) is 5.62. The molecule has 0 unspecified atom stereocenters. The minimum atomic E-state index is -0.439. The average Bonchev–Trinajstić information content (AvgIpc) is 3.19. The zero-order valence-corrected chi connectivity index (χ0v) is 15.8. The van der Waals surface area contributed by atoms with Crippen LogP contribution in [0.3, 0.4) is 0 Å². The predicted molar refractivity (Wildman–Crippen MR) is 107 cm³/mol. The van der Waals surface area contributed by atoms with Crippen LogP contribution in [0.25, 0.3) is 16.8 Å². The maximum atomic E-state index is 13.1. The summed E-state index contributed by atoms with van der Waals surface area (Å²) >= 11 is 1.31. The van der Waals surface area contributed by atoms with E-state index in [2.05, 4.69) is 16.4 Å². The van der Waals surface area contributed by atoms with Crippen LogP contribution in [-0.2, 0) is 4.74 Å². The monoisotopic (exact) mass is 393 g/mol. The first kappa shape index (κ1) is 19.3. The molecule has 0 saturated heterocycles. The van der Waals surface area contributed by atoms with Crippen molar-refractivity contribution in [2.75, 3.05) is 11.9 Å². The lowest BCUT2D eigenvalue weighted by atomic mass is 10.1. The van der Waals surface area contributed by atoms with Gasteiger partial charge in [0.05, 0.1) is 23.6 Å². The van der Waals surface area contributed by atoms with E-state index in [1.54, 1.807) is 48.7 Å². The summed E-state index contributed by atoms with van der Waals surface area (Å²) < 4.78 is 18.1. The maximum Gasteiger partial charge on any atom is 0.340 e. The van der Waals surface area contributed by atoms with Gasteiger partial charge in [-0.15, -0.1) is 11.3 Å². The number of allylic oxidation sites excluding steroid dienone is 1. The summed E-state index contributed by atoms with van der Waals surface area (Å²) in [5.74, 6) is -0.758. The van der Waals surface area contributed by atoms with Crippen LogP contribution in [0.5, 0.6) is 0 Å². The lowest BCUT2D eigenvalue weighted by Gasteiger charge is -2.08. The third-order valence-corrected chi connectivity index (χ3v) is 4.67. The number of carbonyl (C=O) groups excluding carboxylic acids is 1. The molecule has 0 saturated carbocycles. The molecule has 3 rings (SSSR count). The van der Waals surface area contributed by atoms with Crippen molar-refractivity contribution in [2.45, 2.75) is 6.92 Å². The Morgan fingerprint density at radius 3 is 2.75 bits per heavy atom. The highest BCUT2D eigenvalue weighted by Crippen LogP contribution is 2.26. The number of hydrogen-bond acceptors (Lipinski definition) is 6. The van der Waals surface area contributed by atoms with Crippen LogP contribution in [-0.4, -0.2) is 17.6 Å². The molecule has 3 aromatic rings. The number of para-hydroxylation sites is 1. The van der Waals surface area contributed by atoms with Crippen molar-refractivity contribution in [1.29, 1.82) is 5.26 Å². The van der Waals surface area contributed by atoms with Gasteiger partial charge in [0.25, 0.3) is 0 Å². The molecule has 0 fully saturated rings. The predicted octanol–water partition coefficient (Wildman–Crippen LogP) is 5.10. The molecule has 0 spiro atoms. The average molecular weight is 393 g/mol. The third-order valence-electron chi connectivity index (χ3n) is 3.79. The number of carbonyl (C=O) groups is 1. The number of benzene rings is 2. The van der Waals surface area contributed by atoms with Crippen molar-refractivity contribution in [3.05, 3.63) is 76.5 Å². The second kappa shape index (κ2) is 8.93. The third kappa shape index (κ3) is 4.42. The summed E-state index contributed by atoms with van der Waals surface area (Å²) in [5, 5.41) is 14.8. The van der Waals surface area contributed by atoms with E-state index in [9.17, 15) is 14.4 Å². The highest BCUT2D eigenvalue weighted by Gasteiger charge is 2.13. The molecule has 28 heavy (non-hydrogen) atoms. The Labute approximate surface area is 165 Å². The molecule has 0 aliphatic rings. The molecule has 1 aromatic heterocycles. The minimum Gasteiger partial charge on any atom is -0.462 e. The number of thiazole rings is 1. The Balaban J connectivity index is 1.83. The first-order valence-corrected chi connectivity index (χ1v) is 9.35. The molecule has 0 atom stereocenters. The molecular weight excluding hydrogens is 377 g/mol. The van der Waals surface area contributed by atoms with E-state index in [1.807, 2.05) is 0 Å². The Bertz CT molecular complexity index is 1050. The molecule has 1 N–H and O–H groups in total. The van der Waals surface area contributed by atoms with Gasteiger partial charge in [0.1, 0.15) is 22.5 Å². The van der Waals surface area contributed by atoms with E-state index in [4.69, 9.17) is 4.74 Å². The Hall–Kier alpha value is -3.50. The summed E-state index contributed by atoms with van der Waals surface area (Å²) in [5.41, 5.74) is 2.65. The quantitative estimate of drug-likeness (QED) is 0.466. The van der Waals surface area contributed by atoms with E-state index in [-0.39, 0.29) is 12.4 Å². The number of nitrogens with one attached hydrogen (secondary N) is 1. The molecule has 0 aliphatic heterocycles. The fraction of sp³-hybridized carbons (Fsp3) is 0.0952. The standard InChI is InChI=1S/C21H16FN3O2S/c1-2-27-21(26)17-5-3-4-6-18(17)24-12-15(11-23)20-25-19(13-28-20)14-7-9-16(22)10-8-14/h3-10,12-13,24H,2H2,1H3. The Morgan fingerprint density at radius 2 is 2.04 bits per heavy atom. The van der Waals surface area contributed by atoms with Crippen molar-refractivity contribution in [1.82, 2.24) is 4.98 Å². The van der Waals surface area contributed by atoms with E-state index in [0.717, 1.165) is 5.56 Å². The van der Waals surface area contributed by atoms with Crippen molar-refractivity contribution >= 4 is 28.6 Å². The molecule has 5 nitrogen and oxygen atoms in total. The molecule has 0 radical (unpaired) electrons. The lowest BCUT2D eigenvalue weighted by Crippen LogP contribution is -2.07. The number of nitrogens with zero attached hydrogens (tertiary/aromatic N) is 2. The number of ether oxygens (including phenoxy) is 1. The zero-order chi connectivity index (χ0) is 19.9. The van der Waals surface area contributed by atoms with Gasteiger partial charge >= 0.3 is 5.97 Å². The zero-order valence-electron chi connectivity index (χ0n) is 15.0.